The number of likely N-dealkylation sites (tertiary alicyclic amines) is 2. The van der Waals surface area contributed by atoms with E-state index in [1.807, 2.05) is 23.6 Å². The second-order valence-electron chi connectivity index (χ2n) is 7.83. The van der Waals surface area contributed by atoms with E-state index in [4.69, 9.17) is 0 Å². The van der Waals surface area contributed by atoms with Gasteiger partial charge in [-0.3, -0.25) is 9.59 Å². The second-order valence-corrected chi connectivity index (χ2v) is 7.83. The lowest BCUT2D eigenvalue weighted by molar-refractivity contribution is -0.147. The molecule has 0 bridgehead atoms. The predicted molar refractivity (Wildman–Crippen MR) is 88.4 cm³/mol. The van der Waals surface area contributed by atoms with Crippen molar-refractivity contribution in [3.8, 4) is 0 Å². The summed E-state index contributed by atoms with van der Waals surface area (Å²) in [6.45, 7) is 11.6. The monoisotopic (exact) mass is 308 g/mol. The first kappa shape index (κ1) is 17.3. The zero-order valence-electron chi connectivity index (χ0n) is 14.7. The van der Waals surface area contributed by atoms with Crippen molar-refractivity contribution in [3.05, 3.63) is 0 Å². The lowest BCUT2D eigenvalue weighted by Gasteiger charge is -2.39. The SMILES string of the molecule is CC(C)C(C)(C)C(=O)N1CCC(C(=O)N2CCCCC2)CC1. The molecule has 4 heteroatoms. The average molecular weight is 308 g/mol. The molecule has 0 unspecified atom stereocenters. The highest BCUT2D eigenvalue weighted by molar-refractivity contribution is 5.83. The van der Waals surface area contributed by atoms with Gasteiger partial charge in [0.2, 0.25) is 11.8 Å². The molecule has 2 amide bonds. The Bertz CT molecular complexity index is 403. The summed E-state index contributed by atoms with van der Waals surface area (Å²) in [6.07, 6.45) is 5.20. The molecule has 0 spiro atoms. The first-order valence-electron chi connectivity index (χ1n) is 8.92. The van der Waals surface area contributed by atoms with Crippen LogP contribution in [0.2, 0.25) is 0 Å². The molecule has 2 rings (SSSR count). The van der Waals surface area contributed by atoms with E-state index in [0.717, 1.165) is 51.9 Å². The van der Waals surface area contributed by atoms with E-state index in [1.54, 1.807) is 0 Å². The highest BCUT2D eigenvalue weighted by Crippen LogP contribution is 2.31. The minimum atomic E-state index is -0.316. The molecule has 2 aliphatic rings. The number of carbonyl (C=O) groups is 2. The quantitative estimate of drug-likeness (QED) is 0.804. The summed E-state index contributed by atoms with van der Waals surface area (Å²) in [5.41, 5.74) is -0.316. The van der Waals surface area contributed by atoms with Crippen molar-refractivity contribution < 1.29 is 9.59 Å². The Morgan fingerprint density at radius 2 is 1.45 bits per heavy atom. The maximum atomic E-state index is 12.7. The molecule has 2 aliphatic heterocycles. The van der Waals surface area contributed by atoms with Gasteiger partial charge >= 0.3 is 0 Å². The van der Waals surface area contributed by atoms with Crippen LogP contribution in [-0.4, -0.2) is 47.8 Å². The van der Waals surface area contributed by atoms with Gasteiger partial charge in [0.1, 0.15) is 0 Å². The van der Waals surface area contributed by atoms with Crippen LogP contribution in [0, 0.1) is 17.3 Å². The minimum absolute atomic E-state index is 0.129. The fourth-order valence-corrected chi connectivity index (χ4v) is 3.36. The molecule has 2 saturated heterocycles. The fraction of sp³-hybridized carbons (Fsp3) is 0.889. The van der Waals surface area contributed by atoms with Gasteiger partial charge in [0, 0.05) is 37.5 Å². The molecular weight excluding hydrogens is 276 g/mol. The third-order valence-electron chi connectivity index (χ3n) is 5.79. The van der Waals surface area contributed by atoms with Crippen molar-refractivity contribution in [2.75, 3.05) is 26.2 Å². The Hall–Kier alpha value is -1.06. The Morgan fingerprint density at radius 3 is 1.95 bits per heavy atom. The van der Waals surface area contributed by atoms with Crippen molar-refractivity contribution in [3.63, 3.8) is 0 Å². The van der Waals surface area contributed by atoms with Crippen molar-refractivity contribution >= 4 is 11.8 Å². The van der Waals surface area contributed by atoms with Crippen LogP contribution in [0.4, 0.5) is 0 Å². The summed E-state index contributed by atoms with van der Waals surface area (Å²) >= 11 is 0. The molecule has 0 atom stereocenters. The number of hydrogen-bond acceptors (Lipinski definition) is 2. The first-order valence-corrected chi connectivity index (χ1v) is 8.92. The van der Waals surface area contributed by atoms with Gasteiger partial charge < -0.3 is 9.80 Å². The molecule has 0 N–H and O–H groups in total. The third kappa shape index (κ3) is 3.64. The van der Waals surface area contributed by atoms with Gasteiger partial charge in [-0.15, -0.1) is 0 Å². The summed E-state index contributed by atoms with van der Waals surface area (Å²) in [4.78, 5) is 29.2. The van der Waals surface area contributed by atoms with Crippen LogP contribution in [0.3, 0.4) is 0 Å². The largest absolute Gasteiger partial charge is 0.342 e. The lowest BCUT2D eigenvalue weighted by atomic mass is 9.79. The summed E-state index contributed by atoms with van der Waals surface area (Å²) in [5.74, 6) is 1.03. The van der Waals surface area contributed by atoms with E-state index < -0.39 is 0 Å². The lowest BCUT2D eigenvalue weighted by Crippen LogP contribution is -2.49. The maximum Gasteiger partial charge on any atom is 0.228 e. The van der Waals surface area contributed by atoms with E-state index in [-0.39, 0.29) is 17.2 Å². The summed E-state index contributed by atoms with van der Waals surface area (Å²) in [6, 6.07) is 0. The number of carbonyl (C=O) groups excluding carboxylic acids is 2. The topological polar surface area (TPSA) is 40.6 Å². The van der Waals surface area contributed by atoms with Gasteiger partial charge in [-0.25, -0.2) is 0 Å². The summed E-state index contributed by atoms with van der Waals surface area (Å²) in [7, 11) is 0. The van der Waals surface area contributed by atoms with Crippen molar-refractivity contribution in [1.82, 2.24) is 9.80 Å². The highest BCUT2D eigenvalue weighted by Gasteiger charge is 2.37. The van der Waals surface area contributed by atoms with Crippen LogP contribution in [0.15, 0.2) is 0 Å². The number of piperidine rings is 2. The van der Waals surface area contributed by atoms with Crippen LogP contribution in [-0.2, 0) is 9.59 Å². The third-order valence-corrected chi connectivity index (χ3v) is 5.79. The van der Waals surface area contributed by atoms with Crippen molar-refractivity contribution in [2.45, 2.75) is 59.8 Å². The van der Waals surface area contributed by atoms with Crippen molar-refractivity contribution in [1.29, 1.82) is 0 Å². The maximum absolute atomic E-state index is 12.7. The standard InChI is InChI=1S/C18H32N2O2/c1-14(2)18(3,4)17(22)20-12-8-15(9-13-20)16(21)19-10-6-5-7-11-19/h14-15H,5-13H2,1-4H3. The normalized spacial score (nSPS) is 21.3. The molecule has 0 aromatic rings. The van der Waals surface area contributed by atoms with Crippen LogP contribution in [0.1, 0.15) is 59.8 Å². The molecule has 0 aliphatic carbocycles. The Kier molecular flexibility index (Phi) is 5.51. The van der Waals surface area contributed by atoms with Crippen LogP contribution in [0.25, 0.3) is 0 Å². The highest BCUT2D eigenvalue weighted by atomic mass is 16.2. The molecule has 0 aromatic carbocycles. The van der Waals surface area contributed by atoms with E-state index in [1.165, 1.54) is 6.42 Å². The number of amides is 2. The molecular formula is C18H32N2O2. The van der Waals surface area contributed by atoms with Crippen LogP contribution < -0.4 is 0 Å². The minimum Gasteiger partial charge on any atom is -0.342 e. The number of hydrogen-bond donors (Lipinski definition) is 0. The van der Waals surface area contributed by atoms with Gasteiger partial charge in [0.15, 0.2) is 0 Å². The Balaban J connectivity index is 1.87. The van der Waals surface area contributed by atoms with Crippen LogP contribution >= 0.6 is 0 Å². The summed E-state index contributed by atoms with van der Waals surface area (Å²) < 4.78 is 0. The molecule has 126 valence electrons. The number of rotatable bonds is 3. The molecule has 0 aromatic heterocycles. The molecule has 0 saturated carbocycles. The van der Waals surface area contributed by atoms with E-state index in [9.17, 15) is 9.59 Å². The molecule has 2 fully saturated rings. The molecule has 2 heterocycles. The molecule has 4 nitrogen and oxygen atoms in total. The summed E-state index contributed by atoms with van der Waals surface area (Å²) in [5, 5.41) is 0. The van der Waals surface area contributed by atoms with E-state index >= 15 is 0 Å². The van der Waals surface area contributed by atoms with E-state index in [2.05, 4.69) is 13.8 Å². The zero-order valence-corrected chi connectivity index (χ0v) is 14.7. The van der Waals surface area contributed by atoms with Gasteiger partial charge in [-0.1, -0.05) is 27.7 Å². The second kappa shape index (κ2) is 7.01. The van der Waals surface area contributed by atoms with Gasteiger partial charge in [-0.2, -0.15) is 0 Å². The average Bonchev–Trinajstić information content (AvgIpc) is 2.54. The van der Waals surface area contributed by atoms with Gasteiger partial charge in [0.25, 0.3) is 0 Å². The Labute approximate surface area is 135 Å². The first-order chi connectivity index (χ1) is 10.3. The van der Waals surface area contributed by atoms with Crippen molar-refractivity contribution in [2.24, 2.45) is 17.3 Å². The molecule has 0 radical (unpaired) electrons. The molecule has 22 heavy (non-hydrogen) atoms. The van der Waals surface area contributed by atoms with E-state index in [0.29, 0.717) is 11.8 Å². The van der Waals surface area contributed by atoms with Crippen LogP contribution in [0.5, 0.6) is 0 Å². The smallest absolute Gasteiger partial charge is 0.228 e. The fourth-order valence-electron chi connectivity index (χ4n) is 3.36. The Morgan fingerprint density at radius 1 is 0.909 bits per heavy atom. The van der Waals surface area contributed by atoms with Gasteiger partial charge in [0.05, 0.1) is 0 Å². The zero-order chi connectivity index (χ0) is 16.3. The number of nitrogens with zero attached hydrogens (tertiary/aromatic N) is 2. The van der Waals surface area contributed by atoms with Gasteiger partial charge in [-0.05, 0) is 38.0 Å². The predicted octanol–water partition coefficient (Wildman–Crippen LogP) is 2.92.